The SMILES string of the molecule is O=C(NCCC[C@@H]1CCCC[C@@H]1O)c1ccc(-c2n[nH]c(=S)o2)cc1. The number of aromatic nitrogens is 2. The Bertz CT molecular complexity index is 753. The molecule has 0 radical (unpaired) electrons. The van der Waals surface area contributed by atoms with Gasteiger partial charge in [0, 0.05) is 17.7 Å². The first kappa shape index (κ1) is 17.8. The number of amides is 1. The van der Waals surface area contributed by atoms with Crippen molar-refractivity contribution in [3.63, 3.8) is 0 Å². The molecule has 1 heterocycles. The molecule has 6 nitrogen and oxygen atoms in total. The Hall–Kier alpha value is -1.99. The van der Waals surface area contributed by atoms with Crippen LogP contribution in [0.1, 0.15) is 48.9 Å². The number of aromatic amines is 1. The molecule has 7 heteroatoms. The summed E-state index contributed by atoms with van der Waals surface area (Å²) in [5, 5.41) is 19.4. The van der Waals surface area contributed by atoms with Crippen LogP contribution in [0.15, 0.2) is 28.7 Å². The molecule has 3 rings (SSSR count). The molecule has 134 valence electrons. The zero-order valence-electron chi connectivity index (χ0n) is 14.0. The molecule has 1 aliphatic carbocycles. The molecular formula is C18H23N3O3S. The molecule has 1 saturated carbocycles. The van der Waals surface area contributed by atoms with Gasteiger partial charge in [-0.3, -0.25) is 4.79 Å². The van der Waals surface area contributed by atoms with Gasteiger partial charge in [0.25, 0.3) is 10.7 Å². The summed E-state index contributed by atoms with van der Waals surface area (Å²) >= 11 is 4.85. The number of aliphatic hydroxyl groups is 1. The lowest BCUT2D eigenvalue weighted by Gasteiger charge is -2.27. The average molecular weight is 361 g/mol. The van der Waals surface area contributed by atoms with E-state index in [4.69, 9.17) is 16.6 Å². The zero-order valence-corrected chi connectivity index (χ0v) is 14.8. The second kappa shape index (κ2) is 8.40. The molecular weight excluding hydrogens is 338 g/mol. The average Bonchev–Trinajstić information content (AvgIpc) is 3.06. The van der Waals surface area contributed by atoms with E-state index in [9.17, 15) is 9.90 Å². The number of nitrogens with one attached hydrogen (secondary N) is 2. The largest absolute Gasteiger partial charge is 0.409 e. The summed E-state index contributed by atoms with van der Waals surface area (Å²) in [5.74, 6) is 0.693. The molecule has 2 atom stereocenters. The van der Waals surface area contributed by atoms with Crippen LogP contribution in [0.2, 0.25) is 0 Å². The van der Waals surface area contributed by atoms with Gasteiger partial charge >= 0.3 is 0 Å². The molecule has 1 aromatic carbocycles. The molecule has 1 aliphatic rings. The number of carbonyl (C=O) groups excluding carboxylic acids is 1. The van der Waals surface area contributed by atoms with Gasteiger partial charge in [-0.1, -0.05) is 12.8 Å². The quantitative estimate of drug-likeness (QED) is 0.541. The minimum Gasteiger partial charge on any atom is -0.409 e. The highest BCUT2D eigenvalue weighted by atomic mass is 32.1. The van der Waals surface area contributed by atoms with Crippen LogP contribution < -0.4 is 5.32 Å². The van der Waals surface area contributed by atoms with E-state index in [1.54, 1.807) is 24.3 Å². The Morgan fingerprint density at radius 2 is 2.08 bits per heavy atom. The Kier molecular flexibility index (Phi) is 5.99. The van der Waals surface area contributed by atoms with Crippen LogP contribution in [-0.4, -0.2) is 33.9 Å². The van der Waals surface area contributed by atoms with E-state index in [0.717, 1.165) is 37.7 Å². The maximum absolute atomic E-state index is 12.2. The highest BCUT2D eigenvalue weighted by Crippen LogP contribution is 2.27. The molecule has 2 aromatic rings. The Morgan fingerprint density at radius 1 is 1.32 bits per heavy atom. The fourth-order valence-electron chi connectivity index (χ4n) is 3.31. The van der Waals surface area contributed by atoms with E-state index in [1.165, 1.54) is 6.42 Å². The fraction of sp³-hybridized carbons (Fsp3) is 0.500. The first-order valence-corrected chi connectivity index (χ1v) is 9.16. The number of carbonyl (C=O) groups is 1. The third-order valence-electron chi connectivity index (χ3n) is 4.74. The Morgan fingerprint density at radius 3 is 2.76 bits per heavy atom. The van der Waals surface area contributed by atoms with Gasteiger partial charge in [-0.15, -0.1) is 5.10 Å². The minimum atomic E-state index is -0.167. The number of nitrogens with zero attached hydrogens (tertiary/aromatic N) is 1. The lowest BCUT2D eigenvalue weighted by molar-refractivity contribution is 0.0641. The van der Waals surface area contributed by atoms with Crippen LogP contribution >= 0.6 is 12.2 Å². The third-order valence-corrected chi connectivity index (χ3v) is 4.91. The highest BCUT2D eigenvalue weighted by Gasteiger charge is 2.22. The van der Waals surface area contributed by atoms with E-state index in [-0.39, 0.29) is 16.8 Å². The minimum absolute atomic E-state index is 0.0985. The van der Waals surface area contributed by atoms with Crippen molar-refractivity contribution in [3.05, 3.63) is 34.7 Å². The summed E-state index contributed by atoms with van der Waals surface area (Å²) in [6, 6.07) is 7.04. The third kappa shape index (κ3) is 4.76. The van der Waals surface area contributed by atoms with E-state index in [1.807, 2.05) is 0 Å². The molecule has 0 saturated heterocycles. The topological polar surface area (TPSA) is 91.1 Å². The summed E-state index contributed by atoms with van der Waals surface area (Å²) < 4.78 is 5.24. The maximum Gasteiger partial charge on any atom is 0.284 e. The van der Waals surface area contributed by atoms with Crippen molar-refractivity contribution in [1.29, 1.82) is 0 Å². The predicted molar refractivity (Wildman–Crippen MR) is 96.7 cm³/mol. The van der Waals surface area contributed by atoms with Crippen LogP contribution in [0, 0.1) is 10.8 Å². The molecule has 1 fully saturated rings. The second-order valence-corrected chi connectivity index (χ2v) is 6.88. The van der Waals surface area contributed by atoms with Crippen molar-refractivity contribution in [1.82, 2.24) is 15.5 Å². The van der Waals surface area contributed by atoms with Gasteiger partial charge in [0.15, 0.2) is 0 Å². The van der Waals surface area contributed by atoms with Crippen molar-refractivity contribution in [2.75, 3.05) is 6.54 Å². The van der Waals surface area contributed by atoms with Crippen molar-refractivity contribution in [2.24, 2.45) is 5.92 Å². The van der Waals surface area contributed by atoms with Crippen molar-refractivity contribution in [2.45, 2.75) is 44.6 Å². The van der Waals surface area contributed by atoms with Crippen LogP contribution in [0.4, 0.5) is 0 Å². The summed E-state index contributed by atoms with van der Waals surface area (Å²) in [6.07, 6.45) is 6.03. The Balaban J connectivity index is 1.46. The molecule has 0 unspecified atom stereocenters. The summed E-state index contributed by atoms with van der Waals surface area (Å²) in [5.41, 5.74) is 1.35. The summed E-state index contributed by atoms with van der Waals surface area (Å²) in [4.78, 5) is 12.4. The first-order chi connectivity index (χ1) is 12.1. The van der Waals surface area contributed by atoms with Crippen molar-refractivity contribution < 1.29 is 14.3 Å². The molecule has 3 N–H and O–H groups in total. The fourth-order valence-corrected chi connectivity index (χ4v) is 3.44. The second-order valence-electron chi connectivity index (χ2n) is 6.51. The molecule has 1 amide bonds. The molecule has 0 bridgehead atoms. The van der Waals surface area contributed by atoms with Gasteiger partial charge in [0.05, 0.1) is 6.10 Å². The monoisotopic (exact) mass is 361 g/mol. The Labute approximate surface area is 151 Å². The number of aliphatic hydroxyl groups excluding tert-OH is 1. The van der Waals surface area contributed by atoms with Crippen LogP contribution in [0.5, 0.6) is 0 Å². The summed E-state index contributed by atoms with van der Waals surface area (Å²) in [6.45, 7) is 0.623. The van der Waals surface area contributed by atoms with Gasteiger partial charge in [0.1, 0.15) is 0 Å². The smallest absolute Gasteiger partial charge is 0.284 e. The highest BCUT2D eigenvalue weighted by molar-refractivity contribution is 7.71. The molecule has 25 heavy (non-hydrogen) atoms. The normalized spacial score (nSPS) is 20.4. The maximum atomic E-state index is 12.2. The number of hydrogen-bond donors (Lipinski definition) is 3. The number of hydrogen-bond acceptors (Lipinski definition) is 5. The van der Waals surface area contributed by atoms with E-state index in [0.29, 0.717) is 23.9 Å². The number of benzene rings is 1. The molecule has 1 aromatic heterocycles. The number of rotatable bonds is 6. The zero-order chi connectivity index (χ0) is 17.6. The van der Waals surface area contributed by atoms with E-state index in [2.05, 4.69) is 15.5 Å². The van der Waals surface area contributed by atoms with E-state index < -0.39 is 0 Å². The van der Waals surface area contributed by atoms with Crippen LogP contribution in [0.25, 0.3) is 11.5 Å². The van der Waals surface area contributed by atoms with Gasteiger partial charge in [0.2, 0.25) is 5.89 Å². The van der Waals surface area contributed by atoms with Gasteiger partial charge < -0.3 is 14.8 Å². The van der Waals surface area contributed by atoms with Crippen LogP contribution in [0.3, 0.4) is 0 Å². The van der Waals surface area contributed by atoms with Crippen molar-refractivity contribution >= 4 is 18.1 Å². The van der Waals surface area contributed by atoms with Gasteiger partial charge in [-0.2, -0.15) is 0 Å². The lowest BCUT2D eigenvalue weighted by atomic mass is 9.83. The van der Waals surface area contributed by atoms with E-state index >= 15 is 0 Å². The first-order valence-electron chi connectivity index (χ1n) is 8.75. The lowest BCUT2D eigenvalue weighted by Crippen LogP contribution is -2.27. The molecule has 0 spiro atoms. The molecule has 0 aliphatic heterocycles. The summed E-state index contributed by atoms with van der Waals surface area (Å²) in [7, 11) is 0. The number of H-pyrrole nitrogens is 1. The van der Waals surface area contributed by atoms with Gasteiger partial charge in [-0.05, 0) is 68.1 Å². The van der Waals surface area contributed by atoms with Crippen molar-refractivity contribution in [3.8, 4) is 11.5 Å². The predicted octanol–water partition coefficient (Wildman–Crippen LogP) is 3.46. The standard InChI is InChI=1S/C18H23N3O3S/c22-15-6-2-1-4-12(15)5-3-11-19-16(23)13-7-9-14(10-8-13)17-20-21-18(25)24-17/h7-10,12,15,22H,1-6,11H2,(H,19,23)(H,21,25)/t12-,15-/m0/s1. The van der Waals surface area contributed by atoms with Gasteiger partial charge in [-0.25, -0.2) is 5.10 Å². The van der Waals surface area contributed by atoms with Crippen LogP contribution in [-0.2, 0) is 0 Å².